The number of aromatic nitrogens is 4. The van der Waals surface area contributed by atoms with Gasteiger partial charge in [0.05, 0.1) is 12.4 Å². The lowest BCUT2D eigenvalue weighted by molar-refractivity contribution is -0.0107. The van der Waals surface area contributed by atoms with Crippen LogP contribution in [0.25, 0.3) is 11.2 Å². The Morgan fingerprint density at radius 3 is 2.89 bits per heavy atom. The van der Waals surface area contributed by atoms with Gasteiger partial charge in [-0.2, -0.15) is 9.97 Å². The van der Waals surface area contributed by atoms with E-state index in [0.717, 1.165) is 12.8 Å². The van der Waals surface area contributed by atoms with Crippen LogP contribution in [-0.2, 0) is 4.74 Å². The van der Waals surface area contributed by atoms with Gasteiger partial charge in [0.2, 0.25) is 5.95 Å². The van der Waals surface area contributed by atoms with Crippen LogP contribution in [0.2, 0.25) is 5.15 Å². The van der Waals surface area contributed by atoms with E-state index in [1.807, 2.05) is 41.0 Å². The number of halogens is 1. The number of nitrogen functional groups attached to an aromatic ring is 1. The first-order valence-electron chi connectivity index (χ1n) is 9.07. The van der Waals surface area contributed by atoms with Crippen molar-refractivity contribution in [2.45, 2.75) is 31.6 Å². The minimum Gasteiger partial charge on any atom is -0.368 e. The summed E-state index contributed by atoms with van der Waals surface area (Å²) >= 11 is 6.14. The molecule has 2 N–H and O–H groups in total. The predicted octanol–water partition coefficient (Wildman–Crippen LogP) is 3.81. The maximum atomic E-state index is 12.6. The summed E-state index contributed by atoms with van der Waals surface area (Å²) in [6, 6.07) is 9.25. The molecule has 28 heavy (non-hydrogen) atoms. The van der Waals surface area contributed by atoms with Gasteiger partial charge >= 0.3 is 0 Å². The van der Waals surface area contributed by atoms with Gasteiger partial charge in [-0.1, -0.05) is 48.0 Å². The van der Waals surface area contributed by atoms with Crippen LogP contribution in [0.5, 0.6) is 0 Å². The van der Waals surface area contributed by atoms with Crippen LogP contribution in [0.4, 0.5) is 5.95 Å². The monoisotopic (exact) mass is 397 g/mol. The molecule has 144 valence electrons. The molecule has 1 saturated heterocycles. The summed E-state index contributed by atoms with van der Waals surface area (Å²) in [7, 11) is 0. The molecule has 1 fully saturated rings. The van der Waals surface area contributed by atoms with Crippen molar-refractivity contribution >= 4 is 34.5 Å². The van der Waals surface area contributed by atoms with Crippen molar-refractivity contribution in [2.75, 3.05) is 5.73 Å². The number of ether oxygens (including phenoxy) is 1. The molecular formula is C20H20ClN5O2. The maximum absolute atomic E-state index is 12.6. The molecule has 4 rings (SSSR count). The highest BCUT2D eigenvalue weighted by Gasteiger charge is 2.37. The highest BCUT2D eigenvalue weighted by atomic mass is 35.5. The average Bonchev–Trinajstić information content (AvgIpc) is 3.26. The third-order valence-electron chi connectivity index (χ3n) is 4.95. The third kappa shape index (κ3) is 3.50. The molecule has 0 radical (unpaired) electrons. The van der Waals surface area contributed by atoms with Crippen LogP contribution in [0, 0.1) is 5.92 Å². The highest BCUT2D eigenvalue weighted by molar-refractivity contribution is 6.33. The van der Waals surface area contributed by atoms with Crippen molar-refractivity contribution < 1.29 is 9.53 Å². The second kappa shape index (κ2) is 7.69. The molecule has 0 spiro atoms. The number of anilines is 1. The molecule has 1 aliphatic rings. The van der Waals surface area contributed by atoms with Gasteiger partial charge in [-0.05, 0) is 12.8 Å². The lowest BCUT2D eigenvalue weighted by Gasteiger charge is -2.19. The van der Waals surface area contributed by atoms with Crippen molar-refractivity contribution in [1.82, 2.24) is 19.5 Å². The molecule has 8 heteroatoms. The Balaban J connectivity index is 1.60. The number of hydrogen-bond donors (Lipinski definition) is 1. The zero-order valence-electron chi connectivity index (χ0n) is 15.2. The van der Waals surface area contributed by atoms with Crippen LogP contribution in [0.1, 0.15) is 35.8 Å². The van der Waals surface area contributed by atoms with E-state index in [4.69, 9.17) is 22.1 Å². The predicted molar refractivity (Wildman–Crippen MR) is 107 cm³/mol. The SMILES string of the molecule is C=CCC1CC(CC(=O)c2ccccc2)OC1n1cnc2c(Cl)nc(N)nc21. The number of imidazole rings is 1. The van der Waals surface area contributed by atoms with Crippen molar-refractivity contribution in [3.63, 3.8) is 0 Å². The Labute approximate surface area is 167 Å². The fraction of sp³-hybridized carbons (Fsp3) is 0.300. The molecule has 0 aliphatic carbocycles. The third-order valence-corrected chi connectivity index (χ3v) is 5.21. The number of nitrogens with two attached hydrogens (primary N) is 1. The van der Waals surface area contributed by atoms with E-state index in [1.54, 1.807) is 6.33 Å². The van der Waals surface area contributed by atoms with E-state index >= 15 is 0 Å². The number of allylic oxidation sites excluding steroid dienone is 1. The minimum absolute atomic E-state index is 0.0636. The van der Waals surface area contributed by atoms with Gasteiger partial charge in [0, 0.05) is 17.9 Å². The molecule has 3 aromatic rings. The zero-order chi connectivity index (χ0) is 19.7. The van der Waals surface area contributed by atoms with Gasteiger partial charge in [0.15, 0.2) is 16.6 Å². The standard InChI is InChI=1S/C20H20ClN5O2/c1-2-6-13-9-14(10-15(27)12-7-4-3-5-8-12)28-19(13)26-11-23-16-17(21)24-20(22)25-18(16)26/h2-5,7-8,11,13-14,19H,1,6,9-10H2,(H2,22,24,25). The molecule has 1 aromatic carbocycles. The van der Waals surface area contributed by atoms with Gasteiger partial charge < -0.3 is 10.5 Å². The summed E-state index contributed by atoms with van der Waals surface area (Å²) in [5.41, 5.74) is 7.44. The number of benzene rings is 1. The van der Waals surface area contributed by atoms with Gasteiger partial charge in [0.25, 0.3) is 0 Å². The number of Topliss-reactive ketones (excluding diaryl/α,β-unsaturated/α-hetero) is 1. The zero-order valence-corrected chi connectivity index (χ0v) is 15.9. The Kier molecular flexibility index (Phi) is 5.11. The summed E-state index contributed by atoms with van der Waals surface area (Å²) < 4.78 is 8.08. The summed E-state index contributed by atoms with van der Waals surface area (Å²) in [4.78, 5) is 25.1. The summed E-state index contributed by atoms with van der Waals surface area (Å²) in [6.45, 7) is 3.85. The first-order valence-corrected chi connectivity index (χ1v) is 9.44. The number of carbonyl (C=O) groups is 1. The first-order chi connectivity index (χ1) is 13.6. The molecule has 0 amide bonds. The first kappa shape index (κ1) is 18.6. The van der Waals surface area contributed by atoms with Crippen LogP contribution >= 0.6 is 11.6 Å². The molecule has 0 bridgehead atoms. The van der Waals surface area contributed by atoms with E-state index in [9.17, 15) is 4.79 Å². The molecular weight excluding hydrogens is 378 g/mol. The number of fused-ring (bicyclic) bond motifs is 1. The Morgan fingerprint density at radius 1 is 1.36 bits per heavy atom. The molecule has 3 unspecified atom stereocenters. The Hall–Kier alpha value is -2.77. The van der Waals surface area contributed by atoms with Crippen molar-refractivity contribution in [2.24, 2.45) is 5.92 Å². The quantitative estimate of drug-likeness (QED) is 0.386. The van der Waals surface area contributed by atoms with E-state index < -0.39 is 0 Å². The fourth-order valence-corrected chi connectivity index (χ4v) is 3.92. The number of ketones is 1. The van der Waals surface area contributed by atoms with Gasteiger partial charge in [-0.3, -0.25) is 9.36 Å². The van der Waals surface area contributed by atoms with Crippen LogP contribution < -0.4 is 5.73 Å². The number of nitrogens with zero attached hydrogens (tertiary/aromatic N) is 4. The highest BCUT2D eigenvalue weighted by Crippen LogP contribution is 2.40. The summed E-state index contributed by atoms with van der Waals surface area (Å²) in [5.74, 6) is 0.278. The smallest absolute Gasteiger partial charge is 0.223 e. The van der Waals surface area contributed by atoms with Crippen molar-refractivity contribution in [1.29, 1.82) is 0 Å². The maximum Gasteiger partial charge on any atom is 0.223 e. The van der Waals surface area contributed by atoms with Gasteiger partial charge in [-0.25, -0.2) is 4.98 Å². The second-order valence-corrected chi connectivity index (χ2v) is 7.22. The minimum atomic E-state index is -0.332. The number of carbonyl (C=O) groups excluding carboxylic acids is 1. The van der Waals surface area contributed by atoms with Crippen LogP contribution in [0.15, 0.2) is 49.3 Å². The molecule has 3 heterocycles. The number of rotatable bonds is 6. The molecule has 7 nitrogen and oxygen atoms in total. The van der Waals surface area contributed by atoms with Gasteiger partial charge in [0.1, 0.15) is 11.7 Å². The van der Waals surface area contributed by atoms with Gasteiger partial charge in [-0.15, -0.1) is 6.58 Å². The Bertz CT molecular complexity index is 1020. The topological polar surface area (TPSA) is 95.9 Å². The summed E-state index contributed by atoms with van der Waals surface area (Å²) in [5, 5.41) is 0.204. The second-order valence-electron chi connectivity index (χ2n) is 6.86. The van der Waals surface area contributed by atoms with Crippen molar-refractivity contribution in [3.05, 3.63) is 60.0 Å². The van der Waals surface area contributed by atoms with E-state index in [-0.39, 0.29) is 35.1 Å². The molecule has 1 aliphatic heterocycles. The van der Waals surface area contributed by atoms with Crippen LogP contribution in [-0.4, -0.2) is 31.4 Å². The van der Waals surface area contributed by atoms with E-state index in [1.165, 1.54) is 0 Å². The molecule has 0 saturated carbocycles. The lowest BCUT2D eigenvalue weighted by Crippen LogP contribution is -2.17. The average molecular weight is 398 g/mol. The summed E-state index contributed by atoms with van der Waals surface area (Å²) in [6.07, 6.45) is 4.76. The van der Waals surface area contributed by atoms with E-state index in [2.05, 4.69) is 21.5 Å². The van der Waals surface area contributed by atoms with Crippen LogP contribution in [0.3, 0.4) is 0 Å². The van der Waals surface area contributed by atoms with E-state index in [0.29, 0.717) is 23.1 Å². The Morgan fingerprint density at radius 2 is 2.14 bits per heavy atom. The normalized spacial score (nSPS) is 21.8. The lowest BCUT2D eigenvalue weighted by atomic mass is 9.96. The van der Waals surface area contributed by atoms with Crippen molar-refractivity contribution in [3.8, 4) is 0 Å². The molecule has 2 aromatic heterocycles. The molecule has 3 atom stereocenters. The number of hydrogen-bond acceptors (Lipinski definition) is 6. The fourth-order valence-electron chi connectivity index (χ4n) is 3.70. The largest absolute Gasteiger partial charge is 0.368 e.